The van der Waals surface area contributed by atoms with Gasteiger partial charge in [-0.2, -0.15) is 4.98 Å². The summed E-state index contributed by atoms with van der Waals surface area (Å²) < 4.78 is 10.4. The first-order valence-corrected chi connectivity index (χ1v) is 8.53. The fraction of sp³-hybridized carbons (Fsp3) is 0.471. The molecule has 3 rings (SSSR count). The van der Waals surface area contributed by atoms with E-state index in [0.717, 1.165) is 19.4 Å². The van der Waals surface area contributed by atoms with Crippen LogP contribution in [0.15, 0.2) is 28.8 Å². The first-order valence-electron chi connectivity index (χ1n) is 8.53. The number of carbonyl (C=O) groups is 1. The van der Waals surface area contributed by atoms with E-state index in [-0.39, 0.29) is 17.6 Å². The Kier molecular flexibility index (Phi) is 5.57. The number of aromatic nitrogens is 2. The average Bonchev–Trinajstić information content (AvgIpc) is 3.11. The largest absolute Gasteiger partial charge is 0.466 e. The smallest absolute Gasteiger partial charge is 0.310 e. The third kappa shape index (κ3) is 4.23. The molecule has 1 aromatic carbocycles. The van der Waals surface area contributed by atoms with Crippen LogP contribution in [0.3, 0.4) is 0 Å². The molecule has 0 N–H and O–H groups in total. The predicted octanol–water partition coefficient (Wildman–Crippen LogP) is 2.42. The van der Waals surface area contributed by atoms with Gasteiger partial charge in [-0.1, -0.05) is 17.3 Å². The van der Waals surface area contributed by atoms with Crippen LogP contribution < -0.4 is 0 Å². The van der Waals surface area contributed by atoms with Crippen LogP contribution in [-0.2, 0) is 16.1 Å². The molecule has 1 unspecified atom stereocenters. The van der Waals surface area contributed by atoms with Crippen LogP contribution in [-0.4, -0.2) is 45.6 Å². The molecule has 1 aliphatic rings. The van der Waals surface area contributed by atoms with Crippen molar-refractivity contribution in [2.45, 2.75) is 26.3 Å². The van der Waals surface area contributed by atoms with E-state index >= 15 is 0 Å². The summed E-state index contributed by atoms with van der Waals surface area (Å²) in [7, 11) is 0. The number of ether oxygens (including phenoxy) is 1. The van der Waals surface area contributed by atoms with Gasteiger partial charge in [-0.05, 0) is 26.3 Å². The molecular formula is C17H20N4O5. The summed E-state index contributed by atoms with van der Waals surface area (Å²) >= 11 is 0. The highest BCUT2D eigenvalue weighted by atomic mass is 16.6. The highest BCUT2D eigenvalue weighted by Gasteiger charge is 2.27. The Morgan fingerprint density at radius 2 is 2.35 bits per heavy atom. The summed E-state index contributed by atoms with van der Waals surface area (Å²) in [6.07, 6.45) is 1.72. The van der Waals surface area contributed by atoms with Gasteiger partial charge in [0.05, 0.1) is 24.0 Å². The van der Waals surface area contributed by atoms with E-state index < -0.39 is 4.92 Å². The van der Waals surface area contributed by atoms with Crippen molar-refractivity contribution in [2.24, 2.45) is 5.92 Å². The third-order valence-corrected chi connectivity index (χ3v) is 4.27. The van der Waals surface area contributed by atoms with Gasteiger partial charge in [0.1, 0.15) is 0 Å². The van der Waals surface area contributed by atoms with Gasteiger partial charge < -0.3 is 9.26 Å². The fourth-order valence-corrected chi connectivity index (χ4v) is 3.04. The van der Waals surface area contributed by atoms with Crippen LogP contribution in [0.5, 0.6) is 0 Å². The van der Waals surface area contributed by atoms with Crippen molar-refractivity contribution in [3.8, 4) is 11.4 Å². The number of piperidine rings is 1. The minimum atomic E-state index is -0.465. The van der Waals surface area contributed by atoms with E-state index in [9.17, 15) is 14.9 Å². The molecule has 0 bridgehead atoms. The number of likely N-dealkylation sites (tertiary alicyclic amines) is 1. The lowest BCUT2D eigenvalue weighted by Gasteiger charge is -2.30. The van der Waals surface area contributed by atoms with E-state index in [1.54, 1.807) is 19.1 Å². The summed E-state index contributed by atoms with van der Waals surface area (Å²) in [6.45, 7) is 4.04. The van der Waals surface area contributed by atoms with E-state index in [4.69, 9.17) is 9.26 Å². The van der Waals surface area contributed by atoms with Gasteiger partial charge in [0.25, 0.3) is 5.69 Å². The molecule has 2 heterocycles. The summed E-state index contributed by atoms with van der Waals surface area (Å²) in [5, 5.41) is 14.8. The Morgan fingerprint density at radius 3 is 3.12 bits per heavy atom. The third-order valence-electron chi connectivity index (χ3n) is 4.27. The normalized spacial score (nSPS) is 17.8. The van der Waals surface area contributed by atoms with Gasteiger partial charge in [-0.3, -0.25) is 19.8 Å². The zero-order valence-corrected chi connectivity index (χ0v) is 14.5. The molecule has 26 heavy (non-hydrogen) atoms. The molecule has 1 saturated heterocycles. The van der Waals surface area contributed by atoms with Crippen molar-refractivity contribution < 1.29 is 19.0 Å². The number of nitro benzene ring substituents is 1. The second kappa shape index (κ2) is 8.05. The average molecular weight is 360 g/mol. The summed E-state index contributed by atoms with van der Waals surface area (Å²) in [5.41, 5.74) is 0.499. The predicted molar refractivity (Wildman–Crippen MR) is 91.0 cm³/mol. The molecule has 1 atom stereocenters. The van der Waals surface area contributed by atoms with Crippen LogP contribution in [0.4, 0.5) is 5.69 Å². The molecule has 0 spiro atoms. The maximum Gasteiger partial charge on any atom is 0.310 e. The number of non-ortho nitro benzene ring substituents is 1. The second-order valence-corrected chi connectivity index (χ2v) is 6.15. The SMILES string of the molecule is CCOC(=O)C1CCCN(Cc2nc(-c3cccc([N+](=O)[O-])c3)no2)C1. The molecule has 1 aliphatic heterocycles. The molecule has 138 valence electrons. The van der Waals surface area contributed by atoms with Crippen LogP contribution in [0.1, 0.15) is 25.7 Å². The zero-order valence-electron chi connectivity index (χ0n) is 14.5. The van der Waals surface area contributed by atoms with Crippen molar-refractivity contribution in [1.82, 2.24) is 15.0 Å². The number of carbonyl (C=O) groups excluding carboxylic acids is 1. The Hall–Kier alpha value is -2.81. The van der Waals surface area contributed by atoms with E-state index in [1.165, 1.54) is 12.1 Å². The standard InChI is InChI=1S/C17H20N4O5/c1-2-25-17(22)13-6-4-8-20(10-13)11-15-18-16(19-26-15)12-5-3-7-14(9-12)21(23)24/h3,5,7,9,13H,2,4,6,8,10-11H2,1H3. The Balaban J connectivity index is 1.66. The number of nitro groups is 1. The monoisotopic (exact) mass is 360 g/mol. The van der Waals surface area contributed by atoms with E-state index in [1.807, 2.05) is 0 Å². The van der Waals surface area contributed by atoms with Crippen molar-refractivity contribution in [1.29, 1.82) is 0 Å². The Bertz CT molecular complexity index is 791. The topological polar surface area (TPSA) is 112 Å². The summed E-state index contributed by atoms with van der Waals surface area (Å²) in [6, 6.07) is 6.09. The molecule has 0 saturated carbocycles. The zero-order chi connectivity index (χ0) is 18.5. The molecule has 0 radical (unpaired) electrons. The maximum absolute atomic E-state index is 11.9. The Morgan fingerprint density at radius 1 is 1.50 bits per heavy atom. The molecule has 1 aromatic heterocycles. The molecular weight excluding hydrogens is 340 g/mol. The summed E-state index contributed by atoms with van der Waals surface area (Å²) in [4.78, 5) is 28.7. The highest BCUT2D eigenvalue weighted by Crippen LogP contribution is 2.23. The number of esters is 1. The lowest BCUT2D eigenvalue weighted by atomic mass is 9.98. The van der Waals surface area contributed by atoms with E-state index in [2.05, 4.69) is 15.0 Å². The van der Waals surface area contributed by atoms with Gasteiger partial charge in [0, 0.05) is 24.2 Å². The number of nitrogens with zero attached hydrogens (tertiary/aromatic N) is 4. The van der Waals surface area contributed by atoms with Gasteiger partial charge in [0.15, 0.2) is 0 Å². The molecule has 0 amide bonds. The minimum Gasteiger partial charge on any atom is -0.466 e. The fourth-order valence-electron chi connectivity index (χ4n) is 3.04. The first-order chi connectivity index (χ1) is 12.6. The number of benzene rings is 1. The molecule has 9 nitrogen and oxygen atoms in total. The van der Waals surface area contributed by atoms with Crippen molar-refractivity contribution in [2.75, 3.05) is 19.7 Å². The quantitative estimate of drug-likeness (QED) is 0.438. The van der Waals surface area contributed by atoms with Crippen molar-refractivity contribution >= 4 is 11.7 Å². The van der Waals surface area contributed by atoms with Crippen LogP contribution in [0.25, 0.3) is 11.4 Å². The molecule has 2 aromatic rings. The van der Waals surface area contributed by atoms with Gasteiger partial charge in [-0.15, -0.1) is 0 Å². The second-order valence-electron chi connectivity index (χ2n) is 6.15. The lowest BCUT2D eigenvalue weighted by molar-refractivity contribution is -0.384. The van der Waals surface area contributed by atoms with Gasteiger partial charge in [-0.25, -0.2) is 0 Å². The minimum absolute atomic E-state index is 0.0258. The number of rotatable bonds is 6. The lowest BCUT2D eigenvalue weighted by Crippen LogP contribution is -2.39. The number of hydrogen-bond donors (Lipinski definition) is 0. The maximum atomic E-state index is 11.9. The molecule has 0 aliphatic carbocycles. The molecule has 1 fully saturated rings. The first kappa shape index (κ1) is 18.0. The van der Waals surface area contributed by atoms with E-state index in [0.29, 0.717) is 37.0 Å². The highest BCUT2D eigenvalue weighted by molar-refractivity contribution is 5.72. The van der Waals surface area contributed by atoms with Gasteiger partial charge >= 0.3 is 5.97 Å². The Labute approximate surface area is 150 Å². The van der Waals surface area contributed by atoms with Crippen LogP contribution in [0.2, 0.25) is 0 Å². The molecule has 9 heteroatoms. The van der Waals surface area contributed by atoms with Crippen LogP contribution >= 0.6 is 0 Å². The summed E-state index contributed by atoms with van der Waals surface area (Å²) in [5.74, 6) is 0.418. The number of hydrogen-bond acceptors (Lipinski definition) is 8. The van der Waals surface area contributed by atoms with Gasteiger partial charge in [0.2, 0.25) is 11.7 Å². The van der Waals surface area contributed by atoms with Crippen LogP contribution in [0, 0.1) is 16.0 Å². The van der Waals surface area contributed by atoms with Crippen molar-refractivity contribution in [3.05, 3.63) is 40.3 Å². The van der Waals surface area contributed by atoms with Crippen molar-refractivity contribution in [3.63, 3.8) is 0 Å².